The van der Waals surface area contributed by atoms with Crippen LogP contribution in [-0.4, -0.2) is 66.4 Å². The number of ether oxygens (including phenoxy) is 1. The summed E-state index contributed by atoms with van der Waals surface area (Å²) in [5.41, 5.74) is 0.920. The highest BCUT2D eigenvalue weighted by atomic mass is 32.1. The number of carboxylic acids is 1. The molecule has 1 aromatic rings. The molecule has 1 spiro atoms. The Morgan fingerprint density at radius 3 is 2.46 bits per heavy atom. The van der Waals surface area contributed by atoms with Gasteiger partial charge in [-0.3, -0.25) is 4.79 Å². The Morgan fingerprint density at radius 1 is 1.32 bits per heavy atom. The van der Waals surface area contributed by atoms with Gasteiger partial charge in [0, 0.05) is 25.0 Å². The summed E-state index contributed by atoms with van der Waals surface area (Å²) in [6, 6.07) is 2.03. The highest BCUT2D eigenvalue weighted by Gasteiger charge is 2.43. The van der Waals surface area contributed by atoms with Gasteiger partial charge in [0.2, 0.25) is 0 Å². The monoisotopic (exact) mass is 420 g/mol. The number of likely N-dealkylation sites (tertiary alicyclic amines) is 1. The molecule has 156 valence electrons. The van der Waals surface area contributed by atoms with Crippen LogP contribution in [0.3, 0.4) is 0 Å². The van der Waals surface area contributed by atoms with E-state index in [1.165, 1.54) is 19.4 Å². The van der Waals surface area contributed by atoms with E-state index in [1.54, 1.807) is 11.3 Å². The van der Waals surface area contributed by atoms with Crippen LogP contribution in [0, 0.1) is 5.92 Å². The predicted octanol–water partition coefficient (Wildman–Crippen LogP) is 2.99. The first-order valence-corrected chi connectivity index (χ1v) is 10.1. The van der Waals surface area contributed by atoms with Crippen molar-refractivity contribution in [3.63, 3.8) is 0 Å². The third-order valence-corrected chi connectivity index (χ3v) is 5.96. The number of halogens is 3. The van der Waals surface area contributed by atoms with E-state index in [9.17, 15) is 18.0 Å². The maximum absolute atomic E-state index is 12.1. The summed E-state index contributed by atoms with van der Waals surface area (Å²) >= 11 is 1.64. The number of amides is 1. The highest BCUT2D eigenvalue weighted by molar-refractivity contribution is 7.08. The van der Waals surface area contributed by atoms with E-state index in [-0.39, 0.29) is 18.1 Å². The van der Waals surface area contributed by atoms with Gasteiger partial charge in [0.25, 0.3) is 5.91 Å². The number of anilines is 1. The van der Waals surface area contributed by atoms with Gasteiger partial charge in [0.15, 0.2) is 0 Å². The summed E-state index contributed by atoms with van der Waals surface area (Å²) in [6.45, 7) is 4.45. The lowest BCUT2D eigenvalue weighted by Gasteiger charge is -2.46. The van der Waals surface area contributed by atoms with Gasteiger partial charge in [0.1, 0.15) is 6.61 Å². The number of rotatable bonds is 3. The Bertz CT molecular complexity index is 684. The van der Waals surface area contributed by atoms with Gasteiger partial charge < -0.3 is 19.6 Å². The zero-order chi connectivity index (χ0) is 20.4. The molecule has 0 unspecified atom stereocenters. The average molecular weight is 420 g/mol. The zero-order valence-electron chi connectivity index (χ0n) is 15.3. The van der Waals surface area contributed by atoms with Gasteiger partial charge in [0.05, 0.1) is 17.8 Å². The normalized spacial score (nSPS) is 22.7. The van der Waals surface area contributed by atoms with Crippen LogP contribution >= 0.6 is 11.3 Å². The fourth-order valence-electron chi connectivity index (χ4n) is 3.47. The van der Waals surface area contributed by atoms with E-state index in [4.69, 9.17) is 14.6 Å². The van der Waals surface area contributed by atoms with Crippen molar-refractivity contribution in [2.45, 2.75) is 37.5 Å². The number of piperidine rings is 1. The number of thiophene rings is 1. The summed E-state index contributed by atoms with van der Waals surface area (Å²) < 4.78 is 37.7. The molecule has 1 N–H and O–H groups in total. The topological polar surface area (TPSA) is 70.1 Å². The van der Waals surface area contributed by atoms with Gasteiger partial charge in [-0.15, -0.1) is 0 Å². The molecule has 1 aromatic heterocycles. The minimum Gasteiger partial charge on any atom is -0.475 e. The summed E-state index contributed by atoms with van der Waals surface area (Å²) in [5, 5.41) is 11.2. The van der Waals surface area contributed by atoms with Crippen molar-refractivity contribution in [1.82, 2.24) is 4.90 Å². The van der Waals surface area contributed by atoms with Crippen LogP contribution in [0.15, 0.2) is 16.8 Å². The number of morpholine rings is 1. The largest absolute Gasteiger partial charge is 0.490 e. The minimum atomic E-state index is -5.08. The molecule has 1 aliphatic carbocycles. The second-order valence-corrected chi connectivity index (χ2v) is 8.26. The fraction of sp³-hybridized carbons (Fsp3) is 0.667. The third kappa shape index (κ3) is 5.45. The second-order valence-electron chi connectivity index (χ2n) is 7.48. The molecule has 3 aliphatic rings. The predicted molar refractivity (Wildman–Crippen MR) is 97.4 cm³/mol. The van der Waals surface area contributed by atoms with Crippen molar-refractivity contribution < 1.29 is 32.6 Å². The van der Waals surface area contributed by atoms with Crippen LogP contribution in [0.25, 0.3) is 0 Å². The van der Waals surface area contributed by atoms with Crippen LogP contribution in [0.5, 0.6) is 0 Å². The molecule has 0 bridgehead atoms. The molecule has 3 fully saturated rings. The lowest BCUT2D eigenvalue weighted by molar-refractivity contribution is -0.192. The maximum atomic E-state index is 12.1. The Kier molecular flexibility index (Phi) is 6.31. The molecule has 10 heteroatoms. The first-order chi connectivity index (χ1) is 13.2. The van der Waals surface area contributed by atoms with Crippen LogP contribution in [0.4, 0.5) is 18.9 Å². The van der Waals surface area contributed by atoms with Crippen LogP contribution in [0.2, 0.25) is 0 Å². The number of alkyl halides is 3. The van der Waals surface area contributed by atoms with Crippen molar-refractivity contribution in [1.29, 1.82) is 0 Å². The number of hydrogen-bond donors (Lipinski definition) is 1. The number of hydrogen-bond acceptors (Lipinski definition) is 5. The number of carbonyl (C=O) groups is 2. The van der Waals surface area contributed by atoms with E-state index >= 15 is 0 Å². The molecular weight excluding hydrogens is 397 g/mol. The van der Waals surface area contributed by atoms with Crippen molar-refractivity contribution in [2.24, 2.45) is 5.92 Å². The quantitative estimate of drug-likeness (QED) is 0.814. The second kappa shape index (κ2) is 8.38. The first-order valence-electron chi connectivity index (χ1n) is 9.17. The summed E-state index contributed by atoms with van der Waals surface area (Å²) in [5.74, 6) is -1.71. The number of carbonyl (C=O) groups excluding carboxylic acids is 1. The van der Waals surface area contributed by atoms with Crippen molar-refractivity contribution in [3.05, 3.63) is 16.8 Å². The molecule has 1 saturated carbocycles. The van der Waals surface area contributed by atoms with Crippen molar-refractivity contribution in [3.8, 4) is 0 Å². The summed E-state index contributed by atoms with van der Waals surface area (Å²) in [6.07, 6.45) is -0.154. The summed E-state index contributed by atoms with van der Waals surface area (Å²) in [4.78, 5) is 25.5. The molecule has 0 atom stereocenters. The van der Waals surface area contributed by atoms with E-state index < -0.39 is 12.1 Å². The number of carboxylic acid groups (broad SMARTS) is 1. The molecule has 2 saturated heterocycles. The van der Waals surface area contributed by atoms with E-state index in [1.807, 2.05) is 16.3 Å². The molecular formula is C18H23F3N2O4S. The van der Waals surface area contributed by atoms with Crippen LogP contribution in [0.1, 0.15) is 25.7 Å². The highest BCUT2D eigenvalue weighted by Crippen LogP contribution is 2.35. The van der Waals surface area contributed by atoms with E-state index in [0.29, 0.717) is 0 Å². The van der Waals surface area contributed by atoms with Crippen LogP contribution in [-0.2, 0) is 14.3 Å². The Balaban J connectivity index is 0.000000279. The fourth-order valence-corrected chi connectivity index (χ4v) is 4.11. The molecule has 6 nitrogen and oxygen atoms in total. The minimum absolute atomic E-state index is 0.0967. The van der Waals surface area contributed by atoms with Gasteiger partial charge in [-0.2, -0.15) is 24.5 Å². The Morgan fingerprint density at radius 2 is 1.96 bits per heavy atom. The molecule has 1 amide bonds. The third-order valence-electron chi connectivity index (χ3n) is 5.29. The van der Waals surface area contributed by atoms with Crippen molar-refractivity contribution >= 4 is 28.9 Å². The Hall–Kier alpha value is -1.65. The van der Waals surface area contributed by atoms with Gasteiger partial charge >= 0.3 is 12.1 Å². The lowest BCUT2D eigenvalue weighted by Crippen LogP contribution is -2.59. The molecule has 2 aliphatic heterocycles. The number of aliphatic carboxylic acids is 1. The molecule has 0 radical (unpaired) electrons. The van der Waals surface area contributed by atoms with Gasteiger partial charge in [-0.05, 0) is 43.0 Å². The van der Waals surface area contributed by atoms with Gasteiger partial charge in [-0.1, -0.05) is 0 Å². The van der Waals surface area contributed by atoms with Crippen LogP contribution < -0.4 is 4.90 Å². The molecule has 3 heterocycles. The van der Waals surface area contributed by atoms with E-state index in [0.717, 1.165) is 44.1 Å². The standard InChI is InChI=1S/C16H22N2O2S.C2HF3O2/c19-15-10-20-16(12-18(15)14-3-8-21-11-14)4-6-17(7-5-16)9-13-1-2-13;3-2(4,5)1(6)7/h3,8,11,13H,1-2,4-7,9-10,12H2;(H,6,7). The lowest BCUT2D eigenvalue weighted by atomic mass is 9.89. The Labute approximate surface area is 164 Å². The molecule has 0 aromatic carbocycles. The van der Waals surface area contributed by atoms with Crippen molar-refractivity contribution in [2.75, 3.05) is 37.7 Å². The average Bonchev–Trinajstić information content (AvgIpc) is 3.28. The molecule has 28 heavy (non-hydrogen) atoms. The maximum Gasteiger partial charge on any atom is 0.490 e. The smallest absolute Gasteiger partial charge is 0.475 e. The summed E-state index contributed by atoms with van der Waals surface area (Å²) in [7, 11) is 0. The number of nitrogens with zero attached hydrogens (tertiary/aromatic N) is 2. The van der Waals surface area contributed by atoms with E-state index in [2.05, 4.69) is 10.3 Å². The van der Waals surface area contributed by atoms with Gasteiger partial charge in [-0.25, -0.2) is 4.79 Å². The zero-order valence-corrected chi connectivity index (χ0v) is 16.1. The molecule has 4 rings (SSSR count). The SMILES string of the molecule is O=C(O)C(F)(F)F.O=C1COC2(CCN(CC3CC3)CC2)CN1c1ccsc1. The first kappa shape index (κ1) is 21.1.